The fourth-order valence-electron chi connectivity index (χ4n) is 4.33. The summed E-state index contributed by atoms with van der Waals surface area (Å²) >= 11 is 6.48. The van der Waals surface area contributed by atoms with Crippen LogP contribution in [0.1, 0.15) is 18.5 Å². The summed E-state index contributed by atoms with van der Waals surface area (Å²) in [6, 6.07) is 11.5. The molecule has 0 amide bonds. The van der Waals surface area contributed by atoms with E-state index in [-0.39, 0.29) is 12.6 Å². The van der Waals surface area contributed by atoms with E-state index in [0.717, 1.165) is 27.8 Å². The van der Waals surface area contributed by atoms with Gasteiger partial charge < -0.3 is 15.3 Å². The number of carboxylic acid groups (broad SMARTS) is 1. The minimum Gasteiger partial charge on any atom is -0.480 e. The molecule has 1 atom stereocenters. The third-order valence-corrected chi connectivity index (χ3v) is 6.35. The van der Waals surface area contributed by atoms with E-state index in [9.17, 15) is 4.79 Å². The second-order valence-electron chi connectivity index (χ2n) is 8.33. The van der Waals surface area contributed by atoms with Crippen molar-refractivity contribution in [1.82, 2.24) is 24.8 Å². The number of anilines is 2. The molecular formula is C24H24ClN7O2. The van der Waals surface area contributed by atoms with Crippen LogP contribution in [0.2, 0.25) is 5.02 Å². The molecule has 34 heavy (non-hydrogen) atoms. The van der Waals surface area contributed by atoms with Crippen LogP contribution in [0.15, 0.2) is 48.9 Å². The number of aliphatic carboxylic acids is 1. The molecule has 0 spiro atoms. The number of pyridine rings is 2. The Balaban J connectivity index is 1.51. The van der Waals surface area contributed by atoms with Crippen LogP contribution in [0, 0.1) is 0 Å². The van der Waals surface area contributed by atoms with Crippen molar-refractivity contribution in [3.63, 3.8) is 0 Å². The summed E-state index contributed by atoms with van der Waals surface area (Å²) in [7, 11) is 0. The standard InChI is InChI=1S/C24H24ClN7O2/c1-15(29-23-22-19(27-14-28-23)6-3-7-26-22)17-12-16-4-2-5-18(25)21(16)30-24(17)32-10-8-31(9-11-32)13-20(33)34/h2-7,12,14-15H,8-11,13H2,1H3,(H,33,34)(H,27,28,29)/t15-/m0/s1. The summed E-state index contributed by atoms with van der Waals surface area (Å²) in [4.78, 5) is 33.4. The molecule has 4 heterocycles. The molecule has 174 valence electrons. The first kappa shape index (κ1) is 22.2. The number of aromatic nitrogens is 4. The van der Waals surface area contributed by atoms with Crippen molar-refractivity contribution in [2.75, 3.05) is 42.9 Å². The van der Waals surface area contributed by atoms with Crippen molar-refractivity contribution in [3.05, 3.63) is 59.5 Å². The van der Waals surface area contributed by atoms with Gasteiger partial charge in [0.25, 0.3) is 0 Å². The smallest absolute Gasteiger partial charge is 0.317 e. The van der Waals surface area contributed by atoms with Crippen molar-refractivity contribution < 1.29 is 9.90 Å². The maximum absolute atomic E-state index is 11.1. The van der Waals surface area contributed by atoms with E-state index >= 15 is 0 Å². The van der Waals surface area contributed by atoms with Gasteiger partial charge in [-0.3, -0.25) is 14.7 Å². The minimum absolute atomic E-state index is 0.0451. The molecule has 4 aromatic rings. The van der Waals surface area contributed by atoms with Gasteiger partial charge in [0.15, 0.2) is 5.82 Å². The zero-order valence-electron chi connectivity index (χ0n) is 18.6. The molecule has 2 N–H and O–H groups in total. The van der Waals surface area contributed by atoms with Crippen LogP contribution < -0.4 is 10.2 Å². The molecule has 1 saturated heterocycles. The Hall–Kier alpha value is -3.56. The summed E-state index contributed by atoms with van der Waals surface area (Å²) in [5.74, 6) is 0.677. The predicted molar refractivity (Wildman–Crippen MR) is 132 cm³/mol. The Labute approximate surface area is 201 Å². The molecule has 10 heteroatoms. The first-order valence-electron chi connectivity index (χ1n) is 11.1. The number of nitrogens with zero attached hydrogens (tertiary/aromatic N) is 6. The lowest BCUT2D eigenvalue weighted by Crippen LogP contribution is -2.48. The fraction of sp³-hybridized carbons (Fsp3) is 0.292. The van der Waals surface area contributed by atoms with Gasteiger partial charge in [-0.1, -0.05) is 23.7 Å². The predicted octanol–water partition coefficient (Wildman–Crippen LogP) is 3.61. The van der Waals surface area contributed by atoms with Crippen LogP contribution in [0.3, 0.4) is 0 Å². The quantitative estimate of drug-likeness (QED) is 0.430. The molecule has 0 aliphatic carbocycles. The molecule has 1 fully saturated rings. The summed E-state index contributed by atoms with van der Waals surface area (Å²) < 4.78 is 0. The van der Waals surface area contributed by atoms with Crippen LogP contribution in [-0.2, 0) is 4.79 Å². The summed E-state index contributed by atoms with van der Waals surface area (Å²) in [6.45, 7) is 4.76. The Morgan fingerprint density at radius 2 is 1.94 bits per heavy atom. The van der Waals surface area contributed by atoms with Gasteiger partial charge >= 0.3 is 5.97 Å². The molecule has 0 unspecified atom stereocenters. The van der Waals surface area contributed by atoms with Crippen molar-refractivity contribution >= 4 is 51.1 Å². The van der Waals surface area contributed by atoms with Gasteiger partial charge in [-0.25, -0.2) is 15.0 Å². The lowest BCUT2D eigenvalue weighted by Gasteiger charge is -2.36. The van der Waals surface area contributed by atoms with E-state index in [4.69, 9.17) is 21.7 Å². The number of carbonyl (C=O) groups is 1. The minimum atomic E-state index is -0.812. The second-order valence-corrected chi connectivity index (χ2v) is 8.74. The molecule has 0 bridgehead atoms. The third-order valence-electron chi connectivity index (χ3n) is 6.05. The molecule has 0 radical (unpaired) electrons. The molecule has 5 rings (SSSR count). The van der Waals surface area contributed by atoms with Crippen molar-refractivity contribution in [1.29, 1.82) is 0 Å². The van der Waals surface area contributed by atoms with E-state index in [1.54, 1.807) is 6.20 Å². The summed E-state index contributed by atoms with van der Waals surface area (Å²) in [5.41, 5.74) is 3.23. The SMILES string of the molecule is C[C@H](Nc1ncnc2cccnc12)c1cc2cccc(Cl)c2nc1N1CCN(CC(=O)O)CC1. The van der Waals surface area contributed by atoms with Gasteiger partial charge in [-0.05, 0) is 31.2 Å². The molecule has 3 aromatic heterocycles. The average Bonchev–Trinajstić information content (AvgIpc) is 2.84. The van der Waals surface area contributed by atoms with Gasteiger partial charge in [0, 0.05) is 43.3 Å². The van der Waals surface area contributed by atoms with Gasteiger partial charge in [0.2, 0.25) is 0 Å². The first-order chi connectivity index (χ1) is 16.5. The average molecular weight is 478 g/mol. The Morgan fingerprint density at radius 3 is 2.74 bits per heavy atom. The number of hydrogen-bond donors (Lipinski definition) is 2. The summed E-state index contributed by atoms with van der Waals surface area (Å²) in [6.07, 6.45) is 3.25. The number of nitrogens with one attached hydrogen (secondary N) is 1. The number of piperazine rings is 1. The highest BCUT2D eigenvalue weighted by Gasteiger charge is 2.25. The van der Waals surface area contributed by atoms with Crippen molar-refractivity contribution in [2.24, 2.45) is 0 Å². The number of hydrogen-bond acceptors (Lipinski definition) is 8. The maximum atomic E-state index is 11.1. The van der Waals surface area contributed by atoms with Crippen LogP contribution in [-0.4, -0.2) is 68.6 Å². The van der Waals surface area contributed by atoms with Crippen LogP contribution >= 0.6 is 11.6 Å². The number of fused-ring (bicyclic) bond motifs is 2. The Kier molecular flexibility index (Phi) is 6.12. The normalized spacial score (nSPS) is 15.5. The third kappa shape index (κ3) is 4.44. The van der Waals surface area contributed by atoms with E-state index in [1.807, 2.05) is 35.2 Å². The molecule has 1 aliphatic rings. The second kappa shape index (κ2) is 9.36. The highest BCUT2D eigenvalue weighted by atomic mass is 35.5. The number of rotatable bonds is 6. The molecule has 9 nitrogen and oxygen atoms in total. The van der Waals surface area contributed by atoms with Crippen LogP contribution in [0.5, 0.6) is 0 Å². The zero-order chi connectivity index (χ0) is 23.7. The van der Waals surface area contributed by atoms with Crippen molar-refractivity contribution in [2.45, 2.75) is 13.0 Å². The largest absolute Gasteiger partial charge is 0.480 e. The molecule has 1 aromatic carbocycles. The fourth-order valence-corrected chi connectivity index (χ4v) is 4.56. The molecular weight excluding hydrogens is 454 g/mol. The lowest BCUT2D eigenvalue weighted by atomic mass is 10.0. The molecule has 1 aliphatic heterocycles. The van der Waals surface area contributed by atoms with E-state index in [1.165, 1.54) is 6.33 Å². The van der Waals surface area contributed by atoms with E-state index < -0.39 is 5.97 Å². The monoisotopic (exact) mass is 477 g/mol. The maximum Gasteiger partial charge on any atom is 0.317 e. The van der Waals surface area contributed by atoms with Gasteiger partial charge in [0.1, 0.15) is 17.7 Å². The topological polar surface area (TPSA) is 107 Å². The van der Waals surface area contributed by atoms with Gasteiger partial charge in [-0.15, -0.1) is 0 Å². The Morgan fingerprint density at radius 1 is 1.12 bits per heavy atom. The Bertz CT molecular complexity index is 1350. The van der Waals surface area contributed by atoms with E-state index in [0.29, 0.717) is 42.5 Å². The summed E-state index contributed by atoms with van der Waals surface area (Å²) in [5, 5.41) is 14.2. The zero-order valence-corrected chi connectivity index (χ0v) is 19.4. The lowest BCUT2D eigenvalue weighted by molar-refractivity contribution is -0.138. The number of carboxylic acids is 1. The number of halogens is 1. The number of benzene rings is 1. The number of para-hydroxylation sites is 1. The van der Waals surface area contributed by atoms with Crippen LogP contribution in [0.25, 0.3) is 21.9 Å². The van der Waals surface area contributed by atoms with Gasteiger partial charge in [0.05, 0.1) is 28.6 Å². The van der Waals surface area contributed by atoms with Crippen LogP contribution in [0.4, 0.5) is 11.6 Å². The molecule has 0 saturated carbocycles. The first-order valence-corrected chi connectivity index (χ1v) is 11.5. The van der Waals surface area contributed by atoms with E-state index in [2.05, 4.69) is 38.2 Å². The highest BCUT2D eigenvalue weighted by Crippen LogP contribution is 2.34. The highest BCUT2D eigenvalue weighted by molar-refractivity contribution is 6.35. The van der Waals surface area contributed by atoms with Gasteiger partial charge in [-0.2, -0.15) is 0 Å². The van der Waals surface area contributed by atoms with Crippen molar-refractivity contribution in [3.8, 4) is 0 Å².